The number of hydrogen-bond donors (Lipinski definition) is 0. The zero-order chi connectivity index (χ0) is 14.3. The first kappa shape index (κ1) is 17.4. The zero-order valence-corrected chi connectivity index (χ0v) is 14.1. The summed E-state index contributed by atoms with van der Waals surface area (Å²) in [6.45, 7) is 15.9. The second kappa shape index (κ2) is 8.48. The topological polar surface area (TPSA) is 35.5 Å². The number of carbonyl (C=O) groups excluding carboxylic acids is 1. The monoisotopic (exact) mass is 272 g/mol. The molecule has 0 aromatic carbocycles. The Morgan fingerprint density at radius 2 is 1.72 bits per heavy atom. The van der Waals surface area contributed by atoms with Gasteiger partial charge in [-0.15, -0.1) is 0 Å². The summed E-state index contributed by atoms with van der Waals surface area (Å²) in [4.78, 5) is 11.5. The molecule has 0 aliphatic heterocycles. The van der Waals surface area contributed by atoms with Crippen LogP contribution in [0, 0.1) is 11.8 Å². The Kier molecular flexibility index (Phi) is 8.19. The van der Waals surface area contributed by atoms with Gasteiger partial charge in [-0.05, 0) is 25.2 Å². The smallest absolute Gasteiger partial charge is 0.333 e. The van der Waals surface area contributed by atoms with Gasteiger partial charge in [0.05, 0.1) is 0 Å². The third-order valence-electron chi connectivity index (χ3n) is 2.87. The first-order chi connectivity index (χ1) is 8.29. The summed E-state index contributed by atoms with van der Waals surface area (Å²) in [6.07, 6.45) is 1.07. The van der Waals surface area contributed by atoms with Gasteiger partial charge in [-0.1, -0.05) is 41.2 Å². The average Bonchev–Trinajstić information content (AvgIpc) is 2.26. The summed E-state index contributed by atoms with van der Waals surface area (Å²) >= 11 is 0. The summed E-state index contributed by atoms with van der Waals surface area (Å²) in [6, 6.07) is 0. The quantitative estimate of drug-likeness (QED) is 0.387. The number of ether oxygens (including phenoxy) is 1. The van der Waals surface area contributed by atoms with E-state index < -0.39 is 9.76 Å². The highest BCUT2D eigenvalue weighted by molar-refractivity contribution is 6.29. The molecule has 0 saturated carbocycles. The molecular weight excluding hydrogens is 244 g/mol. The van der Waals surface area contributed by atoms with E-state index in [4.69, 9.17) is 9.16 Å². The highest BCUT2D eigenvalue weighted by atomic mass is 28.2. The van der Waals surface area contributed by atoms with Crippen molar-refractivity contribution >= 4 is 15.7 Å². The number of esters is 1. The molecule has 0 radical (unpaired) electrons. The van der Waals surface area contributed by atoms with Crippen LogP contribution in [-0.4, -0.2) is 27.6 Å². The van der Waals surface area contributed by atoms with Crippen molar-refractivity contribution in [3.8, 4) is 0 Å². The predicted molar refractivity (Wildman–Crippen MR) is 78.1 cm³/mol. The Hall–Kier alpha value is -0.613. The average molecular weight is 272 g/mol. The van der Waals surface area contributed by atoms with Crippen LogP contribution in [-0.2, 0) is 14.0 Å². The molecule has 0 aliphatic rings. The molecule has 0 aliphatic carbocycles. The third kappa shape index (κ3) is 6.35. The molecule has 0 fully saturated rings. The molecule has 0 N–H and O–H groups in total. The number of hydrogen-bond acceptors (Lipinski definition) is 3. The van der Waals surface area contributed by atoms with Gasteiger partial charge in [-0.25, -0.2) is 4.79 Å². The standard InChI is InChI=1S/C14H28O3Si/c1-8-12(16-14(15)11(6)7)18-17-13(9(2)3)10(4)5/h9-10,12-13H,6,8,18H2,1-5,7H3. The minimum Gasteiger partial charge on any atom is -0.461 e. The van der Waals surface area contributed by atoms with Gasteiger partial charge in [0, 0.05) is 11.7 Å². The maximum absolute atomic E-state index is 11.5. The van der Waals surface area contributed by atoms with Crippen LogP contribution >= 0.6 is 0 Å². The van der Waals surface area contributed by atoms with Crippen molar-refractivity contribution in [2.24, 2.45) is 11.8 Å². The van der Waals surface area contributed by atoms with E-state index in [-0.39, 0.29) is 17.8 Å². The largest absolute Gasteiger partial charge is 0.461 e. The molecule has 0 heterocycles. The second-order valence-corrected chi connectivity index (χ2v) is 7.08. The Labute approximate surface area is 114 Å². The van der Waals surface area contributed by atoms with Crippen LogP contribution in [0.1, 0.15) is 48.0 Å². The van der Waals surface area contributed by atoms with Crippen LogP contribution in [0.25, 0.3) is 0 Å². The van der Waals surface area contributed by atoms with Gasteiger partial charge in [0.25, 0.3) is 0 Å². The molecule has 0 saturated heterocycles. The molecule has 1 atom stereocenters. The maximum Gasteiger partial charge on any atom is 0.333 e. The van der Waals surface area contributed by atoms with Crippen molar-refractivity contribution < 1.29 is 14.0 Å². The van der Waals surface area contributed by atoms with E-state index in [0.29, 0.717) is 17.4 Å². The van der Waals surface area contributed by atoms with Crippen molar-refractivity contribution in [1.29, 1.82) is 0 Å². The highest BCUT2D eigenvalue weighted by Crippen LogP contribution is 2.16. The van der Waals surface area contributed by atoms with Crippen LogP contribution in [0.2, 0.25) is 0 Å². The Morgan fingerprint density at radius 3 is 2.06 bits per heavy atom. The Balaban J connectivity index is 4.29. The van der Waals surface area contributed by atoms with Crippen molar-refractivity contribution in [2.45, 2.75) is 59.8 Å². The summed E-state index contributed by atoms with van der Waals surface area (Å²) in [5.74, 6) is 0.683. The van der Waals surface area contributed by atoms with Crippen LogP contribution in [0.5, 0.6) is 0 Å². The lowest BCUT2D eigenvalue weighted by Gasteiger charge is -2.27. The van der Waals surface area contributed by atoms with E-state index in [2.05, 4.69) is 34.3 Å². The lowest BCUT2D eigenvalue weighted by molar-refractivity contribution is -0.141. The predicted octanol–water partition coefficient (Wildman–Crippen LogP) is 2.62. The molecule has 18 heavy (non-hydrogen) atoms. The van der Waals surface area contributed by atoms with Gasteiger partial charge in [0.15, 0.2) is 0 Å². The van der Waals surface area contributed by atoms with Crippen LogP contribution in [0.4, 0.5) is 0 Å². The van der Waals surface area contributed by atoms with Crippen LogP contribution < -0.4 is 0 Å². The molecule has 106 valence electrons. The normalized spacial score (nSPS) is 13.8. The fourth-order valence-electron chi connectivity index (χ4n) is 1.86. The van der Waals surface area contributed by atoms with Crippen molar-refractivity contribution in [1.82, 2.24) is 0 Å². The van der Waals surface area contributed by atoms with Crippen molar-refractivity contribution in [2.75, 3.05) is 0 Å². The number of rotatable bonds is 8. The van der Waals surface area contributed by atoms with Gasteiger partial charge in [-0.2, -0.15) is 0 Å². The summed E-state index contributed by atoms with van der Waals surface area (Å²) in [5, 5.41) is 0. The number of carbonyl (C=O) groups is 1. The maximum atomic E-state index is 11.5. The minimum atomic E-state index is -0.867. The van der Waals surface area contributed by atoms with Gasteiger partial charge in [0.2, 0.25) is 9.76 Å². The van der Waals surface area contributed by atoms with Gasteiger partial charge < -0.3 is 9.16 Å². The first-order valence-electron chi connectivity index (χ1n) is 6.77. The molecule has 0 spiro atoms. The van der Waals surface area contributed by atoms with E-state index >= 15 is 0 Å². The van der Waals surface area contributed by atoms with Crippen molar-refractivity contribution in [3.63, 3.8) is 0 Å². The van der Waals surface area contributed by atoms with Crippen LogP contribution in [0.3, 0.4) is 0 Å². The van der Waals surface area contributed by atoms with E-state index in [9.17, 15) is 4.79 Å². The third-order valence-corrected chi connectivity index (χ3v) is 4.56. The summed E-state index contributed by atoms with van der Waals surface area (Å²) < 4.78 is 11.4. The molecule has 0 rings (SSSR count). The molecule has 0 amide bonds. The second-order valence-electron chi connectivity index (χ2n) is 5.50. The van der Waals surface area contributed by atoms with E-state index in [1.54, 1.807) is 6.92 Å². The molecular formula is C14H28O3Si. The lowest BCUT2D eigenvalue weighted by atomic mass is 9.97. The molecule has 1 unspecified atom stereocenters. The fraction of sp³-hybridized carbons (Fsp3) is 0.786. The molecule has 3 nitrogen and oxygen atoms in total. The first-order valence-corrected chi connectivity index (χ1v) is 8.17. The van der Waals surface area contributed by atoms with Crippen molar-refractivity contribution in [3.05, 3.63) is 12.2 Å². The van der Waals surface area contributed by atoms with Gasteiger partial charge >= 0.3 is 5.97 Å². The van der Waals surface area contributed by atoms with Gasteiger partial charge in [0.1, 0.15) is 5.73 Å². The molecule has 4 heteroatoms. The molecule has 0 aromatic heterocycles. The molecule has 0 bridgehead atoms. The Bertz CT molecular complexity index is 266. The molecule has 0 aromatic rings. The fourth-order valence-corrected chi connectivity index (χ4v) is 3.52. The van der Waals surface area contributed by atoms with E-state index in [0.717, 1.165) is 6.42 Å². The lowest BCUT2D eigenvalue weighted by Crippen LogP contribution is -2.34. The minimum absolute atomic E-state index is 0.0470. The summed E-state index contributed by atoms with van der Waals surface area (Å²) in [5.41, 5.74) is 0.404. The SMILES string of the molecule is C=C(C)C(=O)OC(CC)[SiH2]OC(C(C)C)C(C)C. The summed E-state index contributed by atoms with van der Waals surface area (Å²) in [7, 11) is -0.867. The Morgan fingerprint density at radius 1 is 1.22 bits per heavy atom. The van der Waals surface area contributed by atoms with Crippen LogP contribution in [0.15, 0.2) is 12.2 Å². The van der Waals surface area contributed by atoms with E-state index in [1.807, 2.05) is 6.92 Å². The van der Waals surface area contributed by atoms with E-state index in [1.165, 1.54) is 0 Å². The highest BCUT2D eigenvalue weighted by Gasteiger charge is 2.21. The zero-order valence-electron chi connectivity index (χ0n) is 12.7. The van der Waals surface area contributed by atoms with Gasteiger partial charge in [-0.3, -0.25) is 0 Å².